The summed E-state index contributed by atoms with van der Waals surface area (Å²) in [4.78, 5) is 26.6. The Kier molecular flexibility index (Phi) is 5.52. The lowest BCUT2D eigenvalue weighted by Crippen LogP contribution is -2.03. The number of carbonyl (C=O) groups is 2. The zero-order valence-corrected chi connectivity index (χ0v) is 13.9. The molecule has 0 saturated heterocycles. The Labute approximate surface area is 140 Å². The number of methoxy groups -OCH3 is 1. The molecule has 6 heteroatoms. The van der Waals surface area contributed by atoms with Crippen molar-refractivity contribution in [1.82, 2.24) is 9.55 Å². The quantitative estimate of drug-likeness (QED) is 0.790. The fourth-order valence-electron chi connectivity index (χ4n) is 2.30. The van der Waals surface area contributed by atoms with Gasteiger partial charge in [0.2, 0.25) is 0 Å². The molecule has 0 radical (unpaired) electrons. The number of nitrogens with zero attached hydrogens (tertiary/aromatic N) is 2. The average molecular weight is 328 g/mol. The van der Waals surface area contributed by atoms with Gasteiger partial charge >= 0.3 is 5.97 Å². The van der Waals surface area contributed by atoms with Crippen LogP contribution in [0.15, 0.2) is 36.3 Å². The van der Waals surface area contributed by atoms with Crippen molar-refractivity contribution < 1.29 is 19.4 Å². The van der Waals surface area contributed by atoms with Crippen LogP contribution in [-0.4, -0.2) is 33.5 Å². The van der Waals surface area contributed by atoms with Crippen molar-refractivity contribution in [3.63, 3.8) is 0 Å². The first-order chi connectivity index (χ1) is 11.4. The Morgan fingerprint density at radius 1 is 1.33 bits per heavy atom. The van der Waals surface area contributed by atoms with Crippen molar-refractivity contribution in [1.29, 1.82) is 0 Å². The Morgan fingerprint density at radius 3 is 2.62 bits per heavy atom. The molecule has 1 aromatic carbocycles. The van der Waals surface area contributed by atoms with Crippen LogP contribution >= 0.6 is 0 Å². The molecule has 1 N–H and O–H groups in total. The molecule has 6 nitrogen and oxygen atoms in total. The molecule has 24 heavy (non-hydrogen) atoms. The highest BCUT2D eigenvalue weighted by atomic mass is 16.5. The number of aryl methyl sites for hydroxylation is 1. The van der Waals surface area contributed by atoms with Crippen molar-refractivity contribution in [2.24, 2.45) is 0 Å². The molecule has 1 heterocycles. The predicted octanol–water partition coefficient (Wildman–Crippen LogP) is 3.03. The number of benzene rings is 1. The maximum Gasteiger partial charge on any atom is 0.331 e. The number of carbonyl (C=O) groups excluding carboxylic acids is 1. The minimum atomic E-state index is -1.02. The van der Waals surface area contributed by atoms with Gasteiger partial charge < -0.3 is 19.2 Å². The molecule has 0 fully saturated rings. The van der Waals surface area contributed by atoms with Gasteiger partial charge in [0.15, 0.2) is 0 Å². The molecular formula is C18H20N2O4. The van der Waals surface area contributed by atoms with Gasteiger partial charge in [-0.3, -0.25) is 0 Å². The van der Waals surface area contributed by atoms with Crippen molar-refractivity contribution in [3.8, 4) is 11.4 Å². The van der Waals surface area contributed by atoms with Gasteiger partial charge in [-0.2, -0.15) is 0 Å². The third kappa shape index (κ3) is 4.32. The summed E-state index contributed by atoms with van der Waals surface area (Å²) in [6, 6.07) is 5.42. The average Bonchev–Trinajstić information content (AvgIpc) is 2.97. The van der Waals surface area contributed by atoms with Crippen molar-refractivity contribution in [2.75, 3.05) is 7.11 Å². The van der Waals surface area contributed by atoms with Gasteiger partial charge in [0, 0.05) is 18.2 Å². The topological polar surface area (TPSA) is 81.4 Å². The third-order valence-corrected chi connectivity index (χ3v) is 3.56. The van der Waals surface area contributed by atoms with E-state index in [0.29, 0.717) is 11.3 Å². The second kappa shape index (κ2) is 7.59. The van der Waals surface area contributed by atoms with Crippen LogP contribution in [-0.2, 0) is 9.59 Å². The number of imidazole rings is 1. The van der Waals surface area contributed by atoms with E-state index in [1.54, 1.807) is 25.6 Å². The van der Waals surface area contributed by atoms with E-state index in [2.05, 4.69) is 4.98 Å². The second-order valence-electron chi connectivity index (χ2n) is 5.53. The summed E-state index contributed by atoms with van der Waals surface area (Å²) in [5.74, 6) is -0.451. The second-order valence-corrected chi connectivity index (χ2v) is 5.53. The van der Waals surface area contributed by atoms with Gasteiger partial charge in [-0.15, -0.1) is 0 Å². The molecule has 0 amide bonds. The number of ether oxygens (including phenoxy) is 1. The minimum absolute atomic E-state index is 0.0365. The van der Waals surface area contributed by atoms with Crippen molar-refractivity contribution >= 4 is 17.8 Å². The monoisotopic (exact) mass is 328 g/mol. The predicted molar refractivity (Wildman–Crippen MR) is 90.4 cm³/mol. The van der Waals surface area contributed by atoms with Crippen LogP contribution in [0.3, 0.4) is 0 Å². The summed E-state index contributed by atoms with van der Waals surface area (Å²) in [6.07, 6.45) is 5.55. The molecule has 1 aromatic heterocycles. The van der Waals surface area contributed by atoms with Crippen LogP contribution < -0.4 is 4.74 Å². The number of hydrogen-bond acceptors (Lipinski definition) is 4. The number of aromatic nitrogens is 2. The number of aliphatic carboxylic acids is 1. The summed E-state index contributed by atoms with van der Waals surface area (Å²) in [7, 11) is 1.56. The number of carboxylic acids is 1. The highest BCUT2D eigenvalue weighted by molar-refractivity contribution is 5.93. The fourth-order valence-corrected chi connectivity index (χ4v) is 2.30. The first kappa shape index (κ1) is 17.5. The van der Waals surface area contributed by atoms with Gasteiger partial charge in [-0.25, -0.2) is 9.78 Å². The molecule has 0 atom stereocenters. The van der Waals surface area contributed by atoms with Crippen molar-refractivity contribution in [2.45, 2.75) is 26.7 Å². The van der Waals surface area contributed by atoms with Gasteiger partial charge in [0.25, 0.3) is 0 Å². The van der Waals surface area contributed by atoms with Crippen LogP contribution in [0.4, 0.5) is 0 Å². The third-order valence-electron chi connectivity index (χ3n) is 3.56. The van der Waals surface area contributed by atoms with E-state index < -0.39 is 5.97 Å². The molecule has 0 aliphatic heterocycles. The molecular weight excluding hydrogens is 308 g/mol. The molecule has 0 saturated carbocycles. The zero-order valence-electron chi connectivity index (χ0n) is 13.9. The zero-order chi connectivity index (χ0) is 17.7. The van der Waals surface area contributed by atoms with E-state index in [0.717, 1.165) is 11.4 Å². The standard InChI is InChI=1S/C18H20N2O4/c1-12-10-20(11-19-12)16-7-5-14(9-17(16)24-3)8-15(18(22)23)6-4-13(2)21/h5,7-11H,4,6H2,1-3H3,(H,22,23)/b15-8-. The maximum atomic E-state index is 11.3. The number of ketones is 1. The molecule has 0 aliphatic rings. The highest BCUT2D eigenvalue weighted by Gasteiger charge is 2.11. The Morgan fingerprint density at radius 2 is 2.08 bits per heavy atom. The summed E-state index contributed by atoms with van der Waals surface area (Å²) in [5.41, 5.74) is 2.60. The van der Waals surface area contributed by atoms with Gasteiger partial charge in [-0.05, 0) is 44.0 Å². The van der Waals surface area contributed by atoms with Crippen LogP contribution in [0.2, 0.25) is 0 Å². The van der Waals surface area contributed by atoms with E-state index in [1.807, 2.05) is 29.8 Å². The number of hydrogen-bond donors (Lipinski definition) is 1. The lowest BCUT2D eigenvalue weighted by atomic mass is 10.0. The van der Waals surface area contributed by atoms with Crippen LogP contribution in [0, 0.1) is 6.92 Å². The normalized spacial score (nSPS) is 11.4. The summed E-state index contributed by atoms with van der Waals surface area (Å²) >= 11 is 0. The SMILES string of the molecule is COc1cc(/C=C(/CCC(C)=O)C(=O)O)ccc1-n1cnc(C)c1. The lowest BCUT2D eigenvalue weighted by Gasteiger charge is -2.10. The minimum Gasteiger partial charge on any atom is -0.495 e. The lowest BCUT2D eigenvalue weighted by molar-refractivity contribution is -0.132. The molecule has 2 rings (SSSR count). The van der Waals surface area contributed by atoms with Crippen LogP contribution in [0.25, 0.3) is 11.8 Å². The van der Waals surface area contributed by atoms with E-state index in [4.69, 9.17) is 4.74 Å². The first-order valence-corrected chi connectivity index (χ1v) is 7.53. The molecule has 0 spiro atoms. The van der Waals surface area contributed by atoms with Gasteiger partial charge in [0.05, 0.1) is 24.8 Å². The van der Waals surface area contributed by atoms with Crippen LogP contribution in [0.1, 0.15) is 31.0 Å². The van der Waals surface area contributed by atoms with E-state index in [1.165, 1.54) is 6.92 Å². The summed E-state index contributed by atoms with van der Waals surface area (Å²) in [5, 5.41) is 9.29. The number of rotatable bonds is 7. The molecule has 0 unspecified atom stereocenters. The highest BCUT2D eigenvalue weighted by Crippen LogP contribution is 2.26. The Balaban J connectivity index is 2.35. The summed E-state index contributed by atoms with van der Waals surface area (Å²) < 4.78 is 7.25. The Bertz CT molecular complexity index is 790. The molecule has 0 aliphatic carbocycles. The van der Waals surface area contributed by atoms with Gasteiger partial charge in [0.1, 0.15) is 11.5 Å². The van der Waals surface area contributed by atoms with Gasteiger partial charge in [-0.1, -0.05) is 6.07 Å². The molecule has 2 aromatic rings. The number of Topliss-reactive ketones (excluding diaryl/α,β-unsaturated/α-hetero) is 1. The fraction of sp³-hybridized carbons (Fsp3) is 0.278. The smallest absolute Gasteiger partial charge is 0.331 e. The Hall–Kier alpha value is -2.89. The maximum absolute atomic E-state index is 11.3. The molecule has 126 valence electrons. The van der Waals surface area contributed by atoms with E-state index in [-0.39, 0.29) is 24.2 Å². The van der Waals surface area contributed by atoms with E-state index in [9.17, 15) is 14.7 Å². The van der Waals surface area contributed by atoms with Crippen LogP contribution in [0.5, 0.6) is 5.75 Å². The first-order valence-electron chi connectivity index (χ1n) is 7.53. The van der Waals surface area contributed by atoms with Crippen molar-refractivity contribution in [3.05, 3.63) is 47.6 Å². The summed E-state index contributed by atoms with van der Waals surface area (Å²) in [6.45, 7) is 3.35. The van der Waals surface area contributed by atoms with E-state index >= 15 is 0 Å². The largest absolute Gasteiger partial charge is 0.495 e. The molecule has 0 bridgehead atoms. The number of carboxylic acid groups (broad SMARTS) is 1.